The lowest BCUT2D eigenvalue weighted by atomic mass is 10.0. The predicted octanol–water partition coefficient (Wildman–Crippen LogP) is 1.86. The zero-order valence-corrected chi connectivity index (χ0v) is 14.3. The summed E-state index contributed by atoms with van der Waals surface area (Å²) in [5, 5.41) is 29.2. The van der Waals surface area contributed by atoms with E-state index in [1.54, 1.807) is 12.1 Å². The molecular formula is C17H14N3O5S-. The van der Waals surface area contributed by atoms with E-state index in [2.05, 4.69) is 5.10 Å². The van der Waals surface area contributed by atoms with Crippen molar-refractivity contribution in [2.45, 2.75) is 25.3 Å². The molecule has 3 rings (SSSR count). The van der Waals surface area contributed by atoms with E-state index in [-0.39, 0.29) is 12.1 Å². The Morgan fingerprint density at radius 3 is 2.73 bits per heavy atom. The van der Waals surface area contributed by atoms with Crippen molar-refractivity contribution in [3.63, 3.8) is 0 Å². The topological polar surface area (TPSA) is 116 Å². The van der Waals surface area contributed by atoms with E-state index in [1.165, 1.54) is 28.5 Å². The molecule has 0 aliphatic carbocycles. The number of carbonyl (C=O) groups is 2. The van der Waals surface area contributed by atoms with Crippen LogP contribution >= 0.6 is 11.3 Å². The number of carboxylic acids is 1. The van der Waals surface area contributed by atoms with Gasteiger partial charge in [-0.1, -0.05) is 18.2 Å². The van der Waals surface area contributed by atoms with E-state index in [1.807, 2.05) is 17.5 Å². The van der Waals surface area contributed by atoms with Gasteiger partial charge in [-0.05, 0) is 23.4 Å². The smallest absolute Gasteiger partial charge is 0.269 e. The number of benzene rings is 1. The van der Waals surface area contributed by atoms with Crippen molar-refractivity contribution in [3.8, 4) is 0 Å². The van der Waals surface area contributed by atoms with Crippen LogP contribution in [0.2, 0.25) is 0 Å². The van der Waals surface area contributed by atoms with E-state index in [0.29, 0.717) is 17.7 Å². The molecule has 9 heteroatoms. The summed E-state index contributed by atoms with van der Waals surface area (Å²) in [7, 11) is 0. The summed E-state index contributed by atoms with van der Waals surface area (Å²) in [6.45, 7) is 0. The first kappa shape index (κ1) is 17.7. The zero-order valence-electron chi connectivity index (χ0n) is 13.5. The Kier molecular flexibility index (Phi) is 5.08. The van der Waals surface area contributed by atoms with Gasteiger partial charge >= 0.3 is 0 Å². The van der Waals surface area contributed by atoms with Crippen LogP contribution in [0.5, 0.6) is 0 Å². The Balaban J connectivity index is 1.91. The van der Waals surface area contributed by atoms with Gasteiger partial charge in [-0.3, -0.25) is 14.9 Å². The van der Waals surface area contributed by atoms with Gasteiger partial charge in [0.1, 0.15) is 0 Å². The van der Waals surface area contributed by atoms with Crippen LogP contribution in [0.15, 0.2) is 46.9 Å². The average molecular weight is 372 g/mol. The molecule has 1 aliphatic heterocycles. The lowest BCUT2D eigenvalue weighted by molar-refractivity contribution is -0.385. The van der Waals surface area contributed by atoms with Crippen LogP contribution in [0.1, 0.15) is 35.7 Å². The fraction of sp³-hybridized carbons (Fsp3) is 0.235. The van der Waals surface area contributed by atoms with E-state index < -0.39 is 29.3 Å². The molecule has 1 aliphatic rings. The maximum absolute atomic E-state index is 12.5. The molecule has 0 N–H and O–H groups in total. The number of hydrogen-bond acceptors (Lipinski definition) is 7. The molecule has 2 aromatic rings. The number of nitro groups is 1. The van der Waals surface area contributed by atoms with Crippen LogP contribution in [0.25, 0.3) is 0 Å². The molecule has 1 amide bonds. The Labute approximate surface area is 152 Å². The molecule has 1 atom stereocenters. The van der Waals surface area contributed by atoms with Gasteiger partial charge in [0.05, 0.1) is 21.6 Å². The number of aliphatic carboxylic acids is 1. The van der Waals surface area contributed by atoms with Gasteiger partial charge in [0.15, 0.2) is 0 Å². The van der Waals surface area contributed by atoms with Crippen LogP contribution in [-0.2, 0) is 9.59 Å². The first-order valence-electron chi connectivity index (χ1n) is 7.83. The number of thiophene rings is 1. The summed E-state index contributed by atoms with van der Waals surface area (Å²) in [4.78, 5) is 34.6. The SMILES string of the molecule is O=C([O-])CCC(=O)N1N=C(c2cccs2)C[C@@H]1c1cccc([N+](=O)[O-])c1. The average Bonchev–Trinajstić information content (AvgIpc) is 3.29. The van der Waals surface area contributed by atoms with Gasteiger partial charge in [-0.25, -0.2) is 5.01 Å². The first-order chi connectivity index (χ1) is 12.5. The highest BCUT2D eigenvalue weighted by molar-refractivity contribution is 7.12. The quantitative estimate of drug-likeness (QED) is 0.567. The minimum absolute atomic E-state index is 0.0748. The molecule has 1 aromatic carbocycles. The largest absolute Gasteiger partial charge is 0.550 e. The van der Waals surface area contributed by atoms with Crippen LogP contribution in [0, 0.1) is 10.1 Å². The summed E-state index contributed by atoms with van der Waals surface area (Å²) in [5.74, 6) is -1.77. The van der Waals surface area contributed by atoms with Crippen molar-refractivity contribution < 1.29 is 19.6 Å². The van der Waals surface area contributed by atoms with Crippen molar-refractivity contribution in [1.29, 1.82) is 0 Å². The van der Waals surface area contributed by atoms with Crippen LogP contribution < -0.4 is 5.11 Å². The summed E-state index contributed by atoms with van der Waals surface area (Å²) >= 11 is 1.48. The monoisotopic (exact) mass is 372 g/mol. The molecule has 0 saturated carbocycles. The molecule has 0 saturated heterocycles. The minimum Gasteiger partial charge on any atom is -0.550 e. The highest BCUT2D eigenvalue weighted by Gasteiger charge is 2.33. The summed E-state index contributed by atoms with van der Waals surface area (Å²) < 4.78 is 0. The highest BCUT2D eigenvalue weighted by atomic mass is 32.1. The van der Waals surface area contributed by atoms with Crippen molar-refractivity contribution >= 4 is 34.6 Å². The lowest BCUT2D eigenvalue weighted by Crippen LogP contribution is -2.29. The minimum atomic E-state index is -1.31. The second kappa shape index (κ2) is 7.44. The van der Waals surface area contributed by atoms with Crippen molar-refractivity contribution in [2.24, 2.45) is 5.10 Å². The van der Waals surface area contributed by atoms with Gasteiger partial charge in [0.2, 0.25) is 5.91 Å². The van der Waals surface area contributed by atoms with Crippen molar-refractivity contribution in [1.82, 2.24) is 5.01 Å². The number of rotatable bonds is 6. The molecule has 0 radical (unpaired) electrons. The zero-order chi connectivity index (χ0) is 18.7. The van der Waals surface area contributed by atoms with Gasteiger partial charge in [0, 0.05) is 30.9 Å². The van der Waals surface area contributed by atoms with Crippen molar-refractivity contribution in [3.05, 3.63) is 62.3 Å². The fourth-order valence-corrected chi connectivity index (χ4v) is 3.48. The number of amides is 1. The third kappa shape index (κ3) is 3.77. The molecule has 8 nitrogen and oxygen atoms in total. The van der Waals surface area contributed by atoms with Gasteiger partial charge in [-0.2, -0.15) is 5.10 Å². The third-order valence-electron chi connectivity index (χ3n) is 3.98. The fourth-order valence-electron chi connectivity index (χ4n) is 2.76. The van der Waals surface area contributed by atoms with Gasteiger partial charge in [-0.15, -0.1) is 11.3 Å². The molecule has 26 heavy (non-hydrogen) atoms. The van der Waals surface area contributed by atoms with E-state index >= 15 is 0 Å². The molecule has 0 unspecified atom stereocenters. The van der Waals surface area contributed by atoms with E-state index in [9.17, 15) is 24.8 Å². The standard InChI is InChI=1S/C17H15N3O5S/c21-16(6-7-17(22)23)19-14(10-13(18-19)15-5-2-8-26-15)11-3-1-4-12(9-11)20(24)25/h1-5,8-9,14H,6-7,10H2,(H,22,23)/p-1/t14-/m1/s1. The molecule has 2 heterocycles. The molecule has 0 spiro atoms. The van der Waals surface area contributed by atoms with Crippen LogP contribution in [0.4, 0.5) is 5.69 Å². The number of carbonyl (C=O) groups excluding carboxylic acids is 2. The van der Waals surface area contributed by atoms with E-state index in [0.717, 1.165) is 4.88 Å². The van der Waals surface area contributed by atoms with E-state index in [4.69, 9.17) is 0 Å². The van der Waals surface area contributed by atoms with Crippen LogP contribution in [0.3, 0.4) is 0 Å². The number of hydrazone groups is 1. The number of non-ortho nitro benzene ring substituents is 1. The number of nitro benzene ring substituents is 1. The Morgan fingerprint density at radius 2 is 2.08 bits per heavy atom. The summed E-state index contributed by atoms with van der Waals surface area (Å²) in [6.07, 6.45) is -0.241. The second-order valence-corrected chi connectivity index (χ2v) is 6.65. The number of hydrogen-bond donors (Lipinski definition) is 0. The van der Waals surface area contributed by atoms with Gasteiger partial charge < -0.3 is 9.90 Å². The molecule has 1 aromatic heterocycles. The van der Waals surface area contributed by atoms with Crippen molar-refractivity contribution in [2.75, 3.05) is 0 Å². The summed E-state index contributed by atoms with van der Waals surface area (Å²) in [5.41, 5.74) is 1.20. The Bertz CT molecular complexity index is 878. The molecular weight excluding hydrogens is 358 g/mol. The number of nitrogens with zero attached hydrogens (tertiary/aromatic N) is 3. The summed E-state index contributed by atoms with van der Waals surface area (Å²) in [6, 6.07) is 9.28. The molecule has 0 bridgehead atoms. The normalized spacial score (nSPS) is 16.4. The Hall–Kier alpha value is -3.07. The first-order valence-corrected chi connectivity index (χ1v) is 8.71. The maximum atomic E-state index is 12.5. The second-order valence-electron chi connectivity index (χ2n) is 5.71. The number of carboxylic acid groups (broad SMARTS) is 1. The maximum Gasteiger partial charge on any atom is 0.269 e. The Morgan fingerprint density at radius 1 is 1.27 bits per heavy atom. The predicted molar refractivity (Wildman–Crippen MR) is 92.4 cm³/mol. The van der Waals surface area contributed by atoms with Gasteiger partial charge in [0.25, 0.3) is 5.69 Å². The lowest BCUT2D eigenvalue weighted by Gasteiger charge is -2.22. The third-order valence-corrected chi connectivity index (χ3v) is 4.90. The highest BCUT2D eigenvalue weighted by Crippen LogP contribution is 2.35. The molecule has 134 valence electrons. The van der Waals surface area contributed by atoms with Crippen LogP contribution in [-0.4, -0.2) is 27.5 Å². The molecule has 0 fully saturated rings.